The summed E-state index contributed by atoms with van der Waals surface area (Å²) < 4.78 is 0. The number of benzene rings is 1. The third-order valence-corrected chi connectivity index (χ3v) is 7.49. The summed E-state index contributed by atoms with van der Waals surface area (Å²) in [5.41, 5.74) is 6.54. The molecule has 13 heteroatoms. The van der Waals surface area contributed by atoms with Crippen molar-refractivity contribution in [2.45, 2.75) is 96.3 Å². The van der Waals surface area contributed by atoms with Gasteiger partial charge in [0.2, 0.25) is 17.7 Å². The van der Waals surface area contributed by atoms with Crippen LogP contribution in [0.4, 0.5) is 0 Å². The molecule has 0 saturated heterocycles. The van der Waals surface area contributed by atoms with Crippen molar-refractivity contribution in [3.05, 3.63) is 41.7 Å². The van der Waals surface area contributed by atoms with E-state index in [0.29, 0.717) is 18.8 Å². The third-order valence-electron chi connectivity index (χ3n) is 7.49. The Bertz CT molecular complexity index is 1170. The monoisotopic (exact) mass is 583 g/mol. The molecule has 0 spiro atoms. The molecule has 1 fully saturated rings. The second kappa shape index (κ2) is 15.4. The minimum Gasteiger partial charge on any atom is -0.349 e. The summed E-state index contributed by atoms with van der Waals surface area (Å²) in [6, 6.07) is 7.11. The van der Waals surface area contributed by atoms with Gasteiger partial charge in [0, 0.05) is 12.1 Å². The van der Waals surface area contributed by atoms with E-state index in [9.17, 15) is 19.2 Å². The van der Waals surface area contributed by atoms with Crippen LogP contribution in [-0.4, -0.2) is 74.5 Å². The molecule has 1 aromatic carbocycles. The van der Waals surface area contributed by atoms with Gasteiger partial charge < -0.3 is 27.0 Å². The normalized spacial score (nSPS) is 16.2. The van der Waals surface area contributed by atoms with Gasteiger partial charge in [0.1, 0.15) is 18.1 Å². The van der Waals surface area contributed by atoms with Crippen LogP contribution in [0.5, 0.6) is 0 Å². The largest absolute Gasteiger partial charge is 0.349 e. The van der Waals surface area contributed by atoms with Gasteiger partial charge in [-0.05, 0) is 49.3 Å². The van der Waals surface area contributed by atoms with Crippen molar-refractivity contribution >= 4 is 23.6 Å². The number of nitrogens with zero attached hydrogens (tertiary/aromatic N) is 3. The Morgan fingerprint density at radius 1 is 1.00 bits per heavy atom. The maximum Gasteiger partial charge on any atom is 0.292 e. The molecule has 1 saturated carbocycles. The van der Waals surface area contributed by atoms with Crippen LogP contribution in [0.3, 0.4) is 0 Å². The quantitative estimate of drug-likeness (QED) is 0.189. The molecule has 0 unspecified atom stereocenters. The highest BCUT2D eigenvalue weighted by molar-refractivity contribution is 5.94. The first kappa shape index (κ1) is 32.6. The molecule has 1 heterocycles. The van der Waals surface area contributed by atoms with Crippen molar-refractivity contribution < 1.29 is 19.2 Å². The van der Waals surface area contributed by atoms with E-state index in [0.717, 1.165) is 31.2 Å². The lowest BCUT2D eigenvalue weighted by atomic mass is 9.84. The van der Waals surface area contributed by atoms with Crippen LogP contribution in [-0.2, 0) is 20.8 Å². The third kappa shape index (κ3) is 10.2. The number of hydrogen-bond acceptors (Lipinski definition) is 8. The second-order valence-electron chi connectivity index (χ2n) is 12.1. The molecule has 1 aliphatic carbocycles. The van der Waals surface area contributed by atoms with Gasteiger partial charge in [0.25, 0.3) is 11.7 Å². The van der Waals surface area contributed by atoms with E-state index in [2.05, 4.69) is 41.9 Å². The molecule has 42 heavy (non-hydrogen) atoms. The average Bonchev–Trinajstić information content (AvgIpc) is 3.49. The number of H-pyrrole nitrogens is 1. The average molecular weight is 584 g/mol. The lowest BCUT2D eigenvalue weighted by molar-refractivity contribution is -0.134. The molecule has 2 aromatic rings. The van der Waals surface area contributed by atoms with Crippen molar-refractivity contribution in [2.24, 2.45) is 17.6 Å². The Morgan fingerprint density at radius 3 is 2.31 bits per heavy atom. The molecule has 1 aromatic heterocycles. The van der Waals surface area contributed by atoms with Crippen LogP contribution >= 0.6 is 0 Å². The van der Waals surface area contributed by atoms with Crippen molar-refractivity contribution in [2.75, 3.05) is 6.54 Å². The summed E-state index contributed by atoms with van der Waals surface area (Å²) >= 11 is 0. The second-order valence-corrected chi connectivity index (χ2v) is 12.1. The molecule has 0 aliphatic heterocycles. The van der Waals surface area contributed by atoms with Crippen LogP contribution in [0.15, 0.2) is 30.3 Å². The zero-order valence-corrected chi connectivity index (χ0v) is 25.0. The minimum absolute atomic E-state index is 0.184. The first-order chi connectivity index (χ1) is 19.9. The first-order valence-electron chi connectivity index (χ1n) is 14.7. The molecule has 230 valence electrons. The number of aromatic amines is 1. The highest BCUT2D eigenvalue weighted by atomic mass is 16.2. The molecule has 3 rings (SSSR count). The summed E-state index contributed by atoms with van der Waals surface area (Å²) in [6.45, 7) is 7.33. The highest BCUT2D eigenvalue weighted by Gasteiger charge is 2.33. The topological polar surface area (TPSA) is 197 Å². The fourth-order valence-electron chi connectivity index (χ4n) is 5.25. The van der Waals surface area contributed by atoms with E-state index in [1.165, 1.54) is 6.42 Å². The van der Waals surface area contributed by atoms with Gasteiger partial charge in [-0.15, -0.1) is 10.2 Å². The van der Waals surface area contributed by atoms with Crippen molar-refractivity contribution in [3.8, 4) is 0 Å². The number of nitrogens with one attached hydrogen (secondary N) is 5. The fraction of sp³-hybridized carbons (Fsp3) is 0.621. The van der Waals surface area contributed by atoms with Gasteiger partial charge in [-0.1, -0.05) is 76.3 Å². The van der Waals surface area contributed by atoms with Gasteiger partial charge in [-0.3, -0.25) is 19.2 Å². The Hall–Kier alpha value is -3.87. The zero-order chi connectivity index (χ0) is 30.7. The maximum absolute atomic E-state index is 13.6. The number of tetrazole rings is 1. The molecular weight excluding hydrogens is 538 g/mol. The molecule has 7 N–H and O–H groups in total. The van der Waals surface area contributed by atoms with Crippen molar-refractivity contribution in [1.29, 1.82) is 0 Å². The lowest BCUT2D eigenvalue weighted by Gasteiger charge is -2.33. The number of carbonyl (C=O) groups excluding carboxylic acids is 4. The Labute approximate surface area is 246 Å². The molecule has 1 aliphatic rings. The van der Waals surface area contributed by atoms with Crippen LogP contribution in [0.1, 0.15) is 82.4 Å². The minimum atomic E-state index is -1.13. The Morgan fingerprint density at radius 2 is 1.69 bits per heavy atom. The van der Waals surface area contributed by atoms with E-state index in [1.807, 2.05) is 44.2 Å². The van der Waals surface area contributed by atoms with Gasteiger partial charge in [0.15, 0.2) is 0 Å². The predicted molar refractivity (Wildman–Crippen MR) is 157 cm³/mol. The van der Waals surface area contributed by atoms with Gasteiger partial charge in [-0.25, -0.2) is 0 Å². The summed E-state index contributed by atoms with van der Waals surface area (Å²) in [5, 5.41) is 23.9. The van der Waals surface area contributed by atoms with E-state index in [4.69, 9.17) is 5.73 Å². The Kier molecular flexibility index (Phi) is 12.0. The number of hydrogen-bond donors (Lipinski definition) is 6. The smallest absolute Gasteiger partial charge is 0.292 e. The summed E-state index contributed by atoms with van der Waals surface area (Å²) in [7, 11) is 0. The van der Waals surface area contributed by atoms with Gasteiger partial charge in [-0.2, -0.15) is 5.21 Å². The maximum atomic E-state index is 13.6. The van der Waals surface area contributed by atoms with Crippen molar-refractivity contribution in [1.82, 2.24) is 41.9 Å². The van der Waals surface area contributed by atoms with Gasteiger partial charge >= 0.3 is 0 Å². The summed E-state index contributed by atoms with van der Waals surface area (Å²) in [6.07, 6.45) is 6.59. The predicted octanol–water partition coefficient (Wildman–Crippen LogP) is 0.990. The highest BCUT2D eigenvalue weighted by Crippen LogP contribution is 2.28. The van der Waals surface area contributed by atoms with Crippen molar-refractivity contribution in [3.63, 3.8) is 0 Å². The molecule has 4 amide bonds. The van der Waals surface area contributed by atoms with Crippen LogP contribution in [0, 0.1) is 11.8 Å². The number of nitrogens with two attached hydrogens (primary N) is 1. The van der Waals surface area contributed by atoms with Crippen LogP contribution < -0.4 is 27.0 Å². The number of amides is 4. The lowest BCUT2D eigenvalue weighted by Crippen LogP contribution is -2.60. The summed E-state index contributed by atoms with van der Waals surface area (Å²) in [4.78, 5) is 52.1. The molecule has 0 bridgehead atoms. The zero-order valence-electron chi connectivity index (χ0n) is 25.0. The van der Waals surface area contributed by atoms with Gasteiger partial charge in [0.05, 0.1) is 0 Å². The van der Waals surface area contributed by atoms with E-state index in [1.54, 1.807) is 13.8 Å². The molecule has 13 nitrogen and oxygen atoms in total. The van der Waals surface area contributed by atoms with E-state index in [-0.39, 0.29) is 24.2 Å². The van der Waals surface area contributed by atoms with Crippen LogP contribution in [0.25, 0.3) is 0 Å². The first-order valence-corrected chi connectivity index (χ1v) is 14.7. The fourth-order valence-corrected chi connectivity index (χ4v) is 5.25. The number of aromatic nitrogens is 4. The SMILES string of the molecule is CC(C)[C@H](NC(=O)[C@@H](N)CNC(=O)c1nn[nH]n1)C(=O)N[C@@H](CC1CCCCC1)C(=O)NC(C)(C)Cc1ccccc1. The van der Waals surface area contributed by atoms with E-state index >= 15 is 0 Å². The molecular formula is C29H45N9O4. The number of rotatable bonds is 14. The number of carbonyl (C=O) groups is 4. The molecule has 0 radical (unpaired) electrons. The Balaban J connectivity index is 1.65. The standard InChI is InChI=1S/C29H45N9O4/c1-18(2)23(33-25(39)21(30)17-31-28(42)24-35-37-38-36-24)27(41)32-22(15-19-11-7-5-8-12-19)26(40)34-29(3,4)16-20-13-9-6-10-14-20/h6,9-10,13-14,18-19,21-23H,5,7-8,11-12,15-17,30H2,1-4H3,(H,31,42)(H,32,41)(H,33,39)(H,34,40)(H,35,36,37,38)/t21-,22-,23-/m0/s1. The summed E-state index contributed by atoms with van der Waals surface area (Å²) in [5.74, 6) is -2.11. The molecule has 3 atom stereocenters. The van der Waals surface area contributed by atoms with E-state index < -0.39 is 41.4 Å². The van der Waals surface area contributed by atoms with Crippen LogP contribution in [0.2, 0.25) is 0 Å².